The fourth-order valence-corrected chi connectivity index (χ4v) is 2.81. The van der Waals surface area contributed by atoms with Gasteiger partial charge >= 0.3 is 0 Å². The molecule has 0 aromatic carbocycles. The minimum Gasteiger partial charge on any atom is -0.378 e. The van der Waals surface area contributed by atoms with Crippen molar-refractivity contribution in [2.75, 3.05) is 26.3 Å². The molecule has 0 saturated carbocycles. The first-order valence-electron chi connectivity index (χ1n) is 6.93. The molecule has 0 atom stereocenters. The highest BCUT2D eigenvalue weighted by molar-refractivity contribution is 5.82. The van der Waals surface area contributed by atoms with E-state index < -0.39 is 0 Å². The van der Waals surface area contributed by atoms with Crippen LogP contribution in [0, 0.1) is 11.3 Å². The molecule has 0 spiro atoms. The zero-order chi connectivity index (χ0) is 12.9. The molecule has 1 saturated heterocycles. The maximum atomic E-state index is 12.7. The number of hydrogen-bond acceptors (Lipinski definition) is 2. The van der Waals surface area contributed by atoms with Gasteiger partial charge in [0.1, 0.15) is 0 Å². The first-order valence-corrected chi connectivity index (χ1v) is 6.93. The van der Waals surface area contributed by atoms with Crippen LogP contribution in [-0.4, -0.2) is 37.1 Å². The van der Waals surface area contributed by atoms with Gasteiger partial charge in [-0.25, -0.2) is 0 Å². The number of nitrogens with zero attached hydrogens (tertiary/aromatic N) is 1. The summed E-state index contributed by atoms with van der Waals surface area (Å²) >= 11 is 0. The third-order valence-electron chi connectivity index (χ3n) is 3.90. The monoisotopic (exact) mass is 241 g/mol. The predicted molar refractivity (Wildman–Crippen MR) is 69.9 cm³/mol. The molecule has 1 aliphatic rings. The van der Waals surface area contributed by atoms with Gasteiger partial charge in [-0.15, -0.1) is 0 Å². The van der Waals surface area contributed by atoms with Gasteiger partial charge in [0.25, 0.3) is 0 Å². The van der Waals surface area contributed by atoms with Crippen LogP contribution >= 0.6 is 0 Å². The lowest BCUT2D eigenvalue weighted by molar-refractivity contribution is -0.148. The summed E-state index contributed by atoms with van der Waals surface area (Å²) in [5, 5.41) is 0. The predicted octanol–water partition coefficient (Wildman–Crippen LogP) is 2.70. The van der Waals surface area contributed by atoms with Crippen molar-refractivity contribution in [3.63, 3.8) is 0 Å². The van der Waals surface area contributed by atoms with Crippen LogP contribution in [0.15, 0.2) is 0 Å². The van der Waals surface area contributed by atoms with E-state index in [4.69, 9.17) is 4.74 Å². The Hall–Kier alpha value is -0.570. The summed E-state index contributed by atoms with van der Waals surface area (Å²) in [7, 11) is 0. The molecule has 1 rings (SSSR count). The van der Waals surface area contributed by atoms with E-state index in [1.165, 1.54) is 0 Å². The molecule has 3 heteroatoms. The Bertz CT molecular complexity index is 241. The molecule has 0 aliphatic carbocycles. The van der Waals surface area contributed by atoms with Gasteiger partial charge in [0, 0.05) is 18.5 Å². The highest BCUT2D eigenvalue weighted by atomic mass is 16.5. The molecule has 1 fully saturated rings. The van der Waals surface area contributed by atoms with Crippen LogP contribution in [0.25, 0.3) is 0 Å². The maximum absolute atomic E-state index is 12.7. The average molecular weight is 241 g/mol. The summed E-state index contributed by atoms with van der Waals surface area (Å²) in [5.74, 6) is 0.916. The topological polar surface area (TPSA) is 29.5 Å². The molecule has 0 N–H and O–H groups in total. The lowest BCUT2D eigenvalue weighted by Gasteiger charge is -2.38. The molecule has 3 nitrogen and oxygen atoms in total. The SMILES string of the molecule is CCC(CC)(CC(C)C)C(=O)N1CCOCC1. The van der Waals surface area contributed by atoms with Crippen LogP contribution < -0.4 is 0 Å². The van der Waals surface area contributed by atoms with Gasteiger partial charge in [-0.3, -0.25) is 4.79 Å². The number of amides is 1. The minimum atomic E-state index is -0.147. The minimum absolute atomic E-state index is 0.147. The Labute approximate surface area is 106 Å². The second kappa shape index (κ2) is 6.39. The third kappa shape index (κ3) is 3.44. The molecule has 0 bridgehead atoms. The van der Waals surface area contributed by atoms with E-state index in [0.717, 1.165) is 32.4 Å². The number of carbonyl (C=O) groups is 1. The highest BCUT2D eigenvalue weighted by Gasteiger charge is 2.38. The number of carbonyl (C=O) groups excluding carboxylic acids is 1. The van der Waals surface area contributed by atoms with Crippen LogP contribution in [0.5, 0.6) is 0 Å². The molecule has 1 aliphatic heterocycles. The van der Waals surface area contributed by atoms with E-state index in [0.29, 0.717) is 25.0 Å². The van der Waals surface area contributed by atoms with Crippen LogP contribution in [-0.2, 0) is 9.53 Å². The molecular formula is C14H27NO2. The summed E-state index contributed by atoms with van der Waals surface area (Å²) in [6, 6.07) is 0. The molecule has 100 valence electrons. The van der Waals surface area contributed by atoms with Crippen molar-refractivity contribution in [3.05, 3.63) is 0 Å². The smallest absolute Gasteiger partial charge is 0.228 e. The number of hydrogen-bond donors (Lipinski definition) is 0. The second-order valence-electron chi connectivity index (χ2n) is 5.49. The standard InChI is InChI=1S/C14H27NO2/c1-5-14(6-2,11-12(3)4)13(16)15-7-9-17-10-8-15/h12H,5-11H2,1-4H3. The van der Waals surface area contributed by atoms with E-state index in [-0.39, 0.29) is 5.41 Å². The quantitative estimate of drug-likeness (QED) is 0.740. The van der Waals surface area contributed by atoms with E-state index in [9.17, 15) is 4.79 Å². The summed E-state index contributed by atoms with van der Waals surface area (Å²) < 4.78 is 5.32. The molecule has 0 aromatic heterocycles. The first-order chi connectivity index (χ1) is 8.05. The normalized spacial score (nSPS) is 17.6. The van der Waals surface area contributed by atoms with Crippen molar-refractivity contribution in [2.24, 2.45) is 11.3 Å². The maximum Gasteiger partial charge on any atom is 0.228 e. The van der Waals surface area contributed by atoms with E-state index >= 15 is 0 Å². The van der Waals surface area contributed by atoms with Crippen molar-refractivity contribution in [1.82, 2.24) is 4.90 Å². The lowest BCUT2D eigenvalue weighted by Crippen LogP contribution is -2.49. The van der Waals surface area contributed by atoms with Gasteiger partial charge in [-0.2, -0.15) is 0 Å². The first kappa shape index (κ1) is 14.5. The Kier molecular flexibility index (Phi) is 5.44. The van der Waals surface area contributed by atoms with Gasteiger partial charge in [-0.05, 0) is 25.2 Å². The number of morpholine rings is 1. The molecule has 1 amide bonds. The van der Waals surface area contributed by atoms with Crippen LogP contribution in [0.3, 0.4) is 0 Å². The largest absolute Gasteiger partial charge is 0.378 e. The van der Waals surface area contributed by atoms with Gasteiger partial charge in [0.15, 0.2) is 0 Å². The average Bonchev–Trinajstić information content (AvgIpc) is 2.36. The van der Waals surface area contributed by atoms with Gasteiger partial charge < -0.3 is 9.64 Å². The van der Waals surface area contributed by atoms with E-state index in [1.54, 1.807) is 0 Å². The molecular weight excluding hydrogens is 214 g/mol. The Morgan fingerprint density at radius 3 is 2.18 bits per heavy atom. The van der Waals surface area contributed by atoms with E-state index in [2.05, 4.69) is 27.7 Å². The molecule has 0 aromatic rings. The Morgan fingerprint density at radius 2 is 1.76 bits per heavy atom. The second-order valence-corrected chi connectivity index (χ2v) is 5.49. The fourth-order valence-electron chi connectivity index (χ4n) is 2.81. The van der Waals surface area contributed by atoms with Crippen molar-refractivity contribution >= 4 is 5.91 Å². The van der Waals surface area contributed by atoms with Crippen molar-refractivity contribution in [2.45, 2.75) is 47.0 Å². The van der Waals surface area contributed by atoms with Crippen LogP contribution in [0.1, 0.15) is 47.0 Å². The van der Waals surface area contributed by atoms with Crippen molar-refractivity contribution < 1.29 is 9.53 Å². The summed E-state index contributed by atoms with van der Waals surface area (Å²) in [4.78, 5) is 14.7. The Morgan fingerprint density at radius 1 is 1.24 bits per heavy atom. The summed E-state index contributed by atoms with van der Waals surface area (Å²) in [6.45, 7) is 11.6. The third-order valence-corrected chi connectivity index (χ3v) is 3.90. The molecule has 1 heterocycles. The van der Waals surface area contributed by atoms with Crippen molar-refractivity contribution in [1.29, 1.82) is 0 Å². The fraction of sp³-hybridized carbons (Fsp3) is 0.929. The summed E-state index contributed by atoms with van der Waals surface area (Å²) in [6.07, 6.45) is 2.88. The molecule has 0 unspecified atom stereocenters. The summed E-state index contributed by atoms with van der Waals surface area (Å²) in [5.41, 5.74) is -0.147. The zero-order valence-electron chi connectivity index (χ0n) is 11.8. The van der Waals surface area contributed by atoms with Gasteiger partial charge in [0.05, 0.1) is 13.2 Å². The lowest BCUT2D eigenvalue weighted by atomic mass is 9.74. The van der Waals surface area contributed by atoms with Crippen molar-refractivity contribution in [3.8, 4) is 0 Å². The number of ether oxygens (including phenoxy) is 1. The van der Waals surface area contributed by atoms with Gasteiger partial charge in [-0.1, -0.05) is 27.7 Å². The van der Waals surface area contributed by atoms with Crippen LogP contribution in [0.4, 0.5) is 0 Å². The molecule has 17 heavy (non-hydrogen) atoms. The Balaban J connectivity index is 2.77. The van der Waals surface area contributed by atoms with Crippen LogP contribution in [0.2, 0.25) is 0 Å². The highest BCUT2D eigenvalue weighted by Crippen LogP contribution is 2.36. The zero-order valence-corrected chi connectivity index (χ0v) is 11.8. The van der Waals surface area contributed by atoms with Gasteiger partial charge in [0.2, 0.25) is 5.91 Å². The number of rotatable bonds is 5. The molecule has 0 radical (unpaired) electrons. The van der Waals surface area contributed by atoms with E-state index in [1.807, 2.05) is 4.90 Å².